The molecule has 0 saturated heterocycles. The third kappa shape index (κ3) is 5.20. The quantitative estimate of drug-likeness (QED) is 0.506. The summed E-state index contributed by atoms with van der Waals surface area (Å²) in [5.41, 5.74) is 9.24. The first-order valence-electron chi connectivity index (χ1n) is 8.97. The van der Waals surface area contributed by atoms with Gasteiger partial charge in [-0.3, -0.25) is 4.79 Å². The molecule has 0 bridgehead atoms. The van der Waals surface area contributed by atoms with Crippen molar-refractivity contribution in [1.29, 1.82) is 0 Å². The molecule has 4 heteroatoms. The Morgan fingerprint density at radius 2 is 1.38 bits per heavy atom. The number of anilines is 3. The van der Waals surface area contributed by atoms with Gasteiger partial charge >= 0.3 is 0 Å². The minimum Gasteiger partial charge on any atom is -0.397 e. The van der Waals surface area contributed by atoms with Gasteiger partial charge in [0.2, 0.25) is 5.78 Å². The first-order valence-corrected chi connectivity index (χ1v) is 9.79. The van der Waals surface area contributed by atoms with Crippen molar-refractivity contribution in [1.82, 2.24) is 0 Å². The highest BCUT2D eigenvalue weighted by Crippen LogP contribution is 2.37. The summed E-state index contributed by atoms with van der Waals surface area (Å²) in [5.74, 6) is -0.0349. The molecular weight excluding hydrogens is 340 g/mol. The van der Waals surface area contributed by atoms with Crippen LogP contribution in [0.1, 0.15) is 48.5 Å². The average Bonchev–Trinajstić information content (AvgIpc) is 3.00. The molecular formula is C22H28N2OS. The van der Waals surface area contributed by atoms with Gasteiger partial charge in [0.1, 0.15) is 4.88 Å². The van der Waals surface area contributed by atoms with E-state index in [0.29, 0.717) is 16.1 Å². The molecule has 0 amide bonds. The molecule has 1 heterocycles. The second-order valence-electron chi connectivity index (χ2n) is 4.99. The molecule has 0 atom stereocenters. The molecule has 3 rings (SSSR count). The molecule has 2 aromatic carbocycles. The summed E-state index contributed by atoms with van der Waals surface area (Å²) in [5, 5.41) is 4.23. The summed E-state index contributed by atoms with van der Waals surface area (Å²) < 4.78 is 0. The summed E-state index contributed by atoms with van der Waals surface area (Å²) in [6.45, 7) is 9.93. The van der Waals surface area contributed by atoms with E-state index in [0.717, 1.165) is 16.3 Å². The first kappa shape index (κ1) is 21.5. The Bertz CT molecular complexity index is 796. The third-order valence-electron chi connectivity index (χ3n) is 3.47. The van der Waals surface area contributed by atoms with Gasteiger partial charge in [-0.15, -0.1) is 11.3 Å². The van der Waals surface area contributed by atoms with Gasteiger partial charge in [-0.1, -0.05) is 76.2 Å². The number of nitrogens with two attached hydrogens (primary N) is 1. The molecule has 3 aromatic rings. The number of para-hydroxylation sites is 1. The molecule has 0 unspecified atom stereocenters. The van der Waals surface area contributed by atoms with E-state index in [2.05, 4.69) is 5.32 Å². The predicted molar refractivity (Wildman–Crippen MR) is 116 cm³/mol. The van der Waals surface area contributed by atoms with Gasteiger partial charge in [-0.2, -0.15) is 0 Å². The Morgan fingerprint density at radius 1 is 0.885 bits per heavy atom. The standard InChI is InChI=1S/C18H16N2OS.2C2H6/c1-12-15(19)17(16(21)13-8-4-2-5-9-13)22-18(12)20-14-10-6-3-7-11-14;2*1-2/h2-11,20H,19H2,1H3;2*1-2H3. The lowest BCUT2D eigenvalue weighted by Crippen LogP contribution is -2.02. The second kappa shape index (κ2) is 11.1. The molecule has 0 aliphatic carbocycles. The largest absolute Gasteiger partial charge is 0.397 e. The van der Waals surface area contributed by atoms with Crippen LogP contribution >= 0.6 is 11.3 Å². The van der Waals surface area contributed by atoms with E-state index in [4.69, 9.17) is 5.73 Å². The molecule has 1 aromatic heterocycles. The minimum atomic E-state index is -0.0349. The fraction of sp³-hybridized carbons (Fsp3) is 0.227. The number of thiophene rings is 1. The van der Waals surface area contributed by atoms with Crippen molar-refractivity contribution in [2.75, 3.05) is 11.1 Å². The van der Waals surface area contributed by atoms with Crippen molar-refractivity contribution < 1.29 is 4.79 Å². The van der Waals surface area contributed by atoms with Crippen LogP contribution in [0.5, 0.6) is 0 Å². The normalized spacial score (nSPS) is 9.27. The number of nitrogens with one attached hydrogen (secondary N) is 1. The van der Waals surface area contributed by atoms with Crippen LogP contribution < -0.4 is 11.1 Å². The van der Waals surface area contributed by atoms with Crippen LogP contribution in [0.2, 0.25) is 0 Å². The van der Waals surface area contributed by atoms with Gasteiger partial charge in [0.25, 0.3) is 0 Å². The van der Waals surface area contributed by atoms with Crippen molar-refractivity contribution in [3.8, 4) is 0 Å². The Kier molecular flexibility index (Phi) is 9.17. The van der Waals surface area contributed by atoms with Crippen LogP contribution in [-0.2, 0) is 0 Å². The van der Waals surface area contributed by atoms with Crippen molar-refractivity contribution in [2.45, 2.75) is 34.6 Å². The average molecular weight is 369 g/mol. The van der Waals surface area contributed by atoms with Crippen molar-refractivity contribution in [3.63, 3.8) is 0 Å². The Labute approximate surface area is 160 Å². The smallest absolute Gasteiger partial charge is 0.205 e. The van der Waals surface area contributed by atoms with Crippen LogP contribution in [0.25, 0.3) is 0 Å². The molecule has 0 spiro atoms. The molecule has 26 heavy (non-hydrogen) atoms. The van der Waals surface area contributed by atoms with Crippen molar-refractivity contribution >= 4 is 33.5 Å². The molecule has 0 aliphatic rings. The molecule has 0 aliphatic heterocycles. The molecule has 3 N–H and O–H groups in total. The lowest BCUT2D eigenvalue weighted by molar-refractivity contribution is 0.104. The highest BCUT2D eigenvalue weighted by atomic mass is 32.1. The number of carbonyl (C=O) groups is 1. The van der Waals surface area contributed by atoms with E-state index >= 15 is 0 Å². The minimum absolute atomic E-state index is 0.0349. The van der Waals surface area contributed by atoms with E-state index in [9.17, 15) is 4.79 Å². The number of hydrogen-bond donors (Lipinski definition) is 2. The van der Waals surface area contributed by atoms with Gasteiger partial charge in [0.05, 0.1) is 10.7 Å². The van der Waals surface area contributed by atoms with Crippen LogP contribution in [0.15, 0.2) is 60.7 Å². The first-order chi connectivity index (χ1) is 12.7. The Hall–Kier alpha value is -2.59. The van der Waals surface area contributed by atoms with E-state index in [1.807, 2.05) is 83.1 Å². The Morgan fingerprint density at radius 3 is 1.92 bits per heavy atom. The van der Waals surface area contributed by atoms with Crippen molar-refractivity contribution in [2.24, 2.45) is 0 Å². The van der Waals surface area contributed by atoms with Gasteiger partial charge in [0.15, 0.2) is 0 Å². The number of hydrogen-bond acceptors (Lipinski definition) is 4. The van der Waals surface area contributed by atoms with E-state index in [1.165, 1.54) is 11.3 Å². The summed E-state index contributed by atoms with van der Waals surface area (Å²) in [7, 11) is 0. The summed E-state index contributed by atoms with van der Waals surface area (Å²) in [6, 6.07) is 19.1. The zero-order chi connectivity index (χ0) is 19.5. The van der Waals surface area contributed by atoms with Crippen LogP contribution in [0.3, 0.4) is 0 Å². The highest BCUT2D eigenvalue weighted by Gasteiger charge is 2.19. The van der Waals surface area contributed by atoms with E-state index in [-0.39, 0.29) is 5.78 Å². The maximum atomic E-state index is 12.6. The predicted octanol–water partition coefficient (Wildman–Crippen LogP) is 6.67. The fourth-order valence-corrected chi connectivity index (χ4v) is 3.30. The molecule has 3 nitrogen and oxygen atoms in total. The highest BCUT2D eigenvalue weighted by molar-refractivity contribution is 7.19. The molecule has 0 saturated carbocycles. The number of carbonyl (C=O) groups excluding carboxylic acids is 1. The van der Waals surface area contributed by atoms with Gasteiger partial charge in [-0.25, -0.2) is 0 Å². The maximum absolute atomic E-state index is 12.6. The van der Waals surface area contributed by atoms with Gasteiger partial charge < -0.3 is 11.1 Å². The summed E-state index contributed by atoms with van der Waals surface area (Å²) in [4.78, 5) is 13.2. The number of benzene rings is 2. The number of rotatable bonds is 4. The van der Waals surface area contributed by atoms with Crippen molar-refractivity contribution in [3.05, 3.63) is 76.7 Å². The number of nitrogen functional groups attached to an aromatic ring is 1. The lowest BCUT2D eigenvalue weighted by atomic mass is 10.1. The fourth-order valence-electron chi connectivity index (χ4n) is 2.19. The van der Waals surface area contributed by atoms with E-state index < -0.39 is 0 Å². The Balaban J connectivity index is 0.000000791. The maximum Gasteiger partial charge on any atom is 0.205 e. The summed E-state index contributed by atoms with van der Waals surface area (Å²) >= 11 is 1.40. The van der Waals surface area contributed by atoms with Crippen LogP contribution in [0.4, 0.5) is 16.4 Å². The van der Waals surface area contributed by atoms with Gasteiger partial charge in [-0.05, 0) is 19.1 Å². The topological polar surface area (TPSA) is 55.1 Å². The zero-order valence-electron chi connectivity index (χ0n) is 16.2. The zero-order valence-corrected chi connectivity index (χ0v) is 17.0. The molecule has 0 radical (unpaired) electrons. The second-order valence-corrected chi connectivity index (χ2v) is 6.01. The van der Waals surface area contributed by atoms with Crippen LogP contribution in [0, 0.1) is 6.92 Å². The summed E-state index contributed by atoms with van der Waals surface area (Å²) in [6.07, 6.45) is 0. The molecule has 138 valence electrons. The van der Waals surface area contributed by atoms with E-state index in [1.54, 1.807) is 12.1 Å². The SMILES string of the molecule is CC.CC.Cc1c(Nc2ccccc2)sc(C(=O)c2ccccc2)c1N. The third-order valence-corrected chi connectivity index (χ3v) is 4.69. The van der Waals surface area contributed by atoms with Gasteiger partial charge in [0, 0.05) is 16.8 Å². The molecule has 0 fully saturated rings. The van der Waals surface area contributed by atoms with Crippen LogP contribution in [-0.4, -0.2) is 5.78 Å². The number of ketones is 1. The lowest BCUT2D eigenvalue weighted by Gasteiger charge is -2.04. The monoisotopic (exact) mass is 368 g/mol.